The van der Waals surface area contributed by atoms with Gasteiger partial charge in [0.25, 0.3) is 0 Å². The van der Waals surface area contributed by atoms with Crippen LogP contribution in [0.2, 0.25) is 0 Å². The van der Waals surface area contributed by atoms with Crippen molar-refractivity contribution in [1.82, 2.24) is 0 Å². The second kappa shape index (κ2) is 7.83. The molecule has 0 N–H and O–H groups in total. The number of hydrogen-bond donors (Lipinski definition) is 0. The summed E-state index contributed by atoms with van der Waals surface area (Å²) < 4.78 is 12.4. The van der Waals surface area contributed by atoms with Gasteiger partial charge < -0.3 is 9.31 Å². The van der Waals surface area contributed by atoms with Crippen LogP contribution in [0.15, 0.2) is 11.0 Å². The zero-order valence-corrected chi connectivity index (χ0v) is 15.3. The maximum absolute atomic E-state index is 6.21. The molecule has 1 aliphatic heterocycles. The van der Waals surface area contributed by atoms with E-state index in [4.69, 9.17) is 9.31 Å². The number of unbranched alkanes of at least 4 members (excludes halogenated alkanes) is 3. The van der Waals surface area contributed by atoms with Gasteiger partial charge in [0, 0.05) is 0 Å². The Hall–Kier alpha value is -0.275. The molecule has 1 saturated heterocycles. The summed E-state index contributed by atoms with van der Waals surface area (Å²) in [7, 11) is -0.163. The number of hydrogen-bond acceptors (Lipinski definition) is 2. The van der Waals surface area contributed by atoms with Crippen molar-refractivity contribution in [2.45, 2.75) is 105 Å². The zero-order chi connectivity index (χ0) is 16.1. The Labute approximate surface area is 132 Å². The molecule has 2 nitrogen and oxygen atoms in total. The number of rotatable bonds is 8. The van der Waals surface area contributed by atoms with Crippen LogP contribution in [0.3, 0.4) is 0 Å². The highest BCUT2D eigenvalue weighted by molar-refractivity contribution is 6.54. The van der Waals surface area contributed by atoms with Gasteiger partial charge >= 0.3 is 7.12 Å². The van der Waals surface area contributed by atoms with E-state index in [0.717, 1.165) is 0 Å². The van der Waals surface area contributed by atoms with E-state index in [1.807, 2.05) is 0 Å². The molecule has 0 radical (unpaired) electrons. The van der Waals surface area contributed by atoms with E-state index >= 15 is 0 Å². The van der Waals surface area contributed by atoms with Crippen molar-refractivity contribution in [2.24, 2.45) is 0 Å². The first kappa shape index (κ1) is 18.8. The minimum atomic E-state index is -0.238. The molecular formula is C18H35BO2. The van der Waals surface area contributed by atoms with Crippen molar-refractivity contribution >= 4 is 7.12 Å². The van der Waals surface area contributed by atoms with E-state index in [1.165, 1.54) is 50.4 Å². The van der Waals surface area contributed by atoms with Gasteiger partial charge in [0.15, 0.2) is 0 Å². The monoisotopic (exact) mass is 294 g/mol. The largest absolute Gasteiger partial charge is 0.490 e. The van der Waals surface area contributed by atoms with Gasteiger partial charge in [0.2, 0.25) is 0 Å². The maximum Gasteiger partial charge on any atom is 0.490 e. The van der Waals surface area contributed by atoms with Gasteiger partial charge in [-0.25, -0.2) is 0 Å². The molecule has 0 aromatic carbocycles. The Morgan fingerprint density at radius 2 is 1.29 bits per heavy atom. The van der Waals surface area contributed by atoms with Crippen LogP contribution in [0.25, 0.3) is 0 Å². The summed E-state index contributed by atoms with van der Waals surface area (Å²) >= 11 is 0. The Morgan fingerprint density at radius 3 is 1.76 bits per heavy atom. The molecule has 1 rings (SSSR count). The van der Waals surface area contributed by atoms with Gasteiger partial charge in [-0.15, -0.1) is 0 Å². The lowest BCUT2D eigenvalue weighted by Gasteiger charge is -2.32. The molecule has 1 fully saturated rings. The molecule has 0 atom stereocenters. The highest BCUT2D eigenvalue weighted by Gasteiger charge is 2.51. The molecule has 3 heteroatoms. The highest BCUT2D eigenvalue weighted by Crippen LogP contribution is 2.39. The van der Waals surface area contributed by atoms with Gasteiger partial charge in [0.1, 0.15) is 0 Å². The third-order valence-electron chi connectivity index (χ3n) is 5.08. The summed E-state index contributed by atoms with van der Waals surface area (Å²) in [4.78, 5) is 0. The topological polar surface area (TPSA) is 18.5 Å². The first-order chi connectivity index (χ1) is 9.75. The van der Waals surface area contributed by atoms with E-state index in [0.29, 0.717) is 0 Å². The van der Waals surface area contributed by atoms with Gasteiger partial charge in [0.05, 0.1) is 11.2 Å². The van der Waals surface area contributed by atoms with Crippen molar-refractivity contribution in [1.29, 1.82) is 0 Å². The lowest BCUT2D eigenvalue weighted by molar-refractivity contribution is 0.00578. The first-order valence-electron chi connectivity index (χ1n) is 8.79. The van der Waals surface area contributed by atoms with Gasteiger partial charge in [-0.2, -0.15) is 0 Å². The molecule has 0 spiro atoms. The van der Waals surface area contributed by atoms with Gasteiger partial charge in [-0.1, -0.05) is 38.7 Å². The minimum Gasteiger partial charge on any atom is -0.400 e. The van der Waals surface area contributed by atoms with E-state index in [2.05, 4.69) is 48.5 Å². The lowest BCUT2D eigenvalue weighted by Crippen LogP contribution is -2.41. The molecule has 0 bridgehead atoms. The molecule has 0 aromatic heterocycles. The molecule has 1 heterocycles. The normalized spacial score (nSPS) is 21.6. The fraction of sp³-hybridized carbons (Fsp3) is 0.889. The lowest BCUT2D eigenvalue weighted by atomic mass is 9.74. The van der Waals surface area contributed by atoms with Crippen molar-refractivity contribution in [3.63, 3.8) is 0 Å². The third kappa shape index (κ3) is 4.86. The van der Waals surface area contributed by atoms with E-state index < -0.39 is 0 Å². The van der Waals surface area contributed by atoms with Crippen LogP contribution in [-0.4, -0.2) is 18.3 Å². The van der Waals surface area contributed by atoms with Crippen LogP contribution in [0.1, 0.15) is 93.4 Å². The fourth-order valence-electron chi connectivity index (χ4n) is 2.68. The van der Waals surface area contributed by atoms with Crippen LogP contribution in [0, 0.1) is 0 Å². The Bertz CT molecular complexity index is 342. The Kier molecular flexibility index (Phi) is 7.00. The average Bonchev–Trinajstić information content (AvgIpc) is 2.62. The molecule has 1 aliphatic rings. The second-order valence-electron chi connectivity index (χ2n) is 7.44. The average molecular weight is 294 g/mol. The third-order valence-corrected chi connectivity index (χ3v) is 5.08. The highest BCUT2D eigenvalue weighted by atomic mass is 16.7. The molecule has 0 unspecified atom stereocenters. The van der Waals surface area contributed by atoms with Crippen molar-refractivity contribution in [2.75, 3.05) is 0 Å². The quantitative estimate of drug-likeness (QED) is 0.422. The molecule has 122 valence electrons. The molecule has 21 heavy (non-hydrogen) atoms. The minimum absolute atomic E-state index is 0.163. The van der Waals surface area contributed by atoms with Crippen LogP contribution in [0.5, 0.6) is 0 Å². The van der Waals surface area contributed by atoms with Crippen molar-refractivity contribution in [3.05, 3.63) is 11.0 Å². The van der Waals surface area contributed by atoms with E-state index in [1.54, 1.807) is 5.57 Å². The standard InChI is InChI=1S/C18H35BO2/c1-8-10-12-14-16(13-11-9-2)15(3)19-20-17(4,5)18(6,7)21-19/h8-14H2,1-7H3/b16-15+. The van der Waals surface area contributed by atoms with Crippen molar-refractivity contribution < 1.29 is 9.31 Å². The molecule has 0 aliphatic carbocycles. The van der Waals surface area contributed by atoms with Gasteiger partial charge in [-0.3, -0.25) is 0 Å². The Morgan fingerprint density at radius 1 is 0.810 bits per heavy atom. The predicted octanol–water partition coefficient (Wildman–Crippen LogP) is 5.70. The van der Waals surface area contributed by atoms with Crippen molar-refractivity contribution in [3.8, 4) is 0 Å². The zero-order valence-electron chi connectivity index (χ0n) is 15.3. The summed E-state index contributed by atoms with van der Waals surface area (Å²) in [5.41, 5.74) is 2.40. The molecule has 0 saturated carbocycles. The predicted molar refractivity (Wildman–Crippen MR) is 92.4 cm³/mol. The smallest absolute Gasteiger partial charge is 0.400 e. The SMILES string of the molecule is CCCCC/C(CCCC)=C(\C)B1OC(C)(C)C(C)(C)O1. The van der Waals surface area contributed by atoms with E-state index in [9.17, 15) is 0 Å². The van der Waals surface area contributed by atoms with Crippen LogP contribution in [-0.2, 0) is 9.31 Å². The Balaban J connectivity index is 2.83. The van der Waals surface area contributed by atoms with Crippen LogP contribution < -0.4 is 0 Å². The van der Waals surface area contributed by atoms with Crippen LogP contribution >= 0.6 is 0 Å². The molecular weight excluding hydrogens is 259 g/mol. The van der Waals surface area contributed by atoms with Crippen LogP contribution in [0.4, 0.5) is 0 Å². The second-order valence-corrected chi connectivity index (χ2v) is 7.44. The summed E-state index contributed by atoms with van der Waals surface area (Å²) in [6.45, 7) is 15.2. The van der Waals surface area contributed by atoms with Gasteiger partial charge in [-0.05, 0) is 65.8 Å². The van der Waals surface area contributed by atoms with E-state index in [-0.39, 0.29) is 18.3 Å². The summed E-state index contributed by atoms with van der Waals surface area (Å²) in [5.74, 6) is 0. The maximum atomic E-state index is 6.21. The molecule has 0 amide bonds. The first-order valence-corrected chi connectivity index (χ1v) is 8.79. The summed E-state index contributed by atoms with van der Waals surface area (Å²) in [6.07, 6.45) is 8.77. The number of allylic oxidation sites excluding steroid dienone is 2. The summed E-state index contributed by atoms with van der Waals surface area (Å²) in [5, 5.41) is 0. The summed E-state index contributed by atoms with van der Waals surface area (Å²) in [6, 6.07) is 0. The molecule has 0 aromatic rings. The fourth-order valence-corrected chi connectivity index (χ4v) is 2.68.